The fraction of sp³-hybridized carbons (Fsp3) is 0.477. The summed E-state index contributed by atoms with van der Waals surface area (Å²) >= 11 is 14.9. The van der Waals surface area contributed by atoms with Crippen LogP contribution in [0.25, 0.3) is 0 Å². The van der Waals surface area contributed by atoms with Crippen molar-refractivity contribution in [3.05, 3.63) is 163 Å². The Hall–Kier alpha value is -11.6. The second-order valence-corrected chi connectivity index (χ2v) is 34.3. The summed E-state index contributed by atoms with van der Waals surface area (Å²) in [6.45, 7) is -0.892. The lowest BCUT2D eigenvalue weighted by Crippen LogP contribution is -2.68. The highest BCUT2D eigenvalue weighted by atomic mass is 35.5. The van der Waals surface area contributed by atoms with E-state index in [4.69, 9.17) is 71.6 Å². The van der Waals surface area contributed by atoms with Crippen molar-refractivity contribution in [2.45, 2.75) is 217 Å². The molecule has 13 aliphatic rings. The van der Waals surface area contributed by atoms with E-state index in [0.717, 1.165) is 56.3 Å². The molecule has 46 heteroatoms. The van der Waals surface area contributed by atoms with E-state index in [0.29, 0.717) is 5.57 Å². The maximum absolute atomic E-state index is 17.3. The Labute approximate surface area is 758 Å². The first-order chi connectivity index (χ1) is 62.7. The number of ether oxygens (including phenoxy) is 9. The molecule has 0 spiro atoms. The molecule has 9 heterocycles. The fourth-order valence-corrected chi connectivity index (χ4v) is 17.8. The van der Waals surface area contributed by atoms with Crippen LogP contribution < -0.4 is 67.2 Å². The summed E-state index contributed by atoms with van der Waals surface area (Å²) in [5, 5.41) is 199. The number of carbonyl (C=O) groups is 10. The summed E-state index contributed by atoms with van der Waals surface area (Å²) in [5.74, 6) is -22.8. The van der Waals surface area contributed by atoms with Gasteiger partial charge in [0, 0.05) is 49.3 Å². The highest BCUT2D eigenvalue weighted by molar-refractivity contribution is 6.31. The van der Waals surface area contributed by atoms with Crippen molar-refractivity contribution in [3.63, 3.8) is 0 Å². The van der Waals surface area contributed by atoms with Gasteiger partial charge in [-0.25, -0.2) is 4.79 Å². The molecule has 16 rings (SSSR count). The summed E-state index contributed by atoms with van der Waals surface area (Å²) in [6, 6.07) is -8.37. The summed E-state index contributed by atoms with van der Waals surface area (Å²) in [6.07, 6.45) is -26.5. The van der Waals surface area contributed by atoms with Crippen LogP contribution in [-0.2, 0) is 71.6 Å². The Morgan fingerprint density at radius 2 is 1.27 bits per heavy atom. The van der Waals surface area contributed by atoms with Gasteiger partial charge in [-0.2, -0.15) is 0 Å². The van der Waals surface area contributed by atoms with Gasteiger partial charge in [-0.05, 0) is 128 Å². The van der Waals surface area contributed by atoms with Gasteiger partial charge in [0.15, 0.2) is 35.3 Å². The molecule has 132 heavy (non-hydrogen) atoms. The van der Waals surface area contributed by atoms with Gasteiger partial charge in [-0.3, -0.25) is 43.2 Å². The molecule has 8 amide bonds. The number of aliphatic carboxylic acids is 2. The number of carboxylic acids is 2. The molecule has 44 nitrogen and oxygen atoms in total. The van der Waals surface area contributed by atoms with Crippen molar-refractivity contribution in [1.82, 2.24) is 42.5 Å². The largest absolute Gasteiger partial charge is 0.508 e. The molecule has 4 saturated heterocycles. The van der Waals surface area contributed by atoms with Crippen LogP contribution in [0.2, 0.25) is 0 Å². The topological polar surface area (TPSA) is 700 Å². The Balaban J connectivity index is 1.05. The van der Waals surface area contributed by atoms with Gasteiger partial charge in [-0.15, -0.1) is 11.6 Å². The highest BCUT2D eigenvalue weighted by Crippen LogP contribution is 2.51. The predicted octanol–water partition coefficient (Wildman–Crippen LogP) is -3.05. The minimum atomic E-state index is -2.93. The van der Waals surface area contributed by atoms with E-state index in [-0.39, 0.29) is 63.8 Å². The molecular formula is C86H97Cl2N9O35. The lowest BCUT2D eigenvalue weighted by molar-refractivity contribution is -0.293. The SMILES string of the molecule is CC(=O)NC1C(O)[C@H](O)C(CO)O[C@H]1O[C@@H]1C2=CC=C(Oc3cc4cc(c3O[C@@H]3OC(CO)[C@@H](O)C(O)C3NC(=O)CCCC(=O)O)OC3=C(Cl)C=C(CC3)C[C@H]3NC(=O)[C@H](N)c5ccc(O)c(c5)Oc5cc(O)cc(c5)[C@H](NC3=O)C(=O)N[C@H]4C(=O)N[C@@]3(C)C(=O)N[C@@H]1C(=O)N[C@H](C(=O)O)C1=C=C(O)C(C)C(O[C@H]4OC(CO)[C@@H](O)C(O)C4O)=C1C1CC3=CC=C1CO)[C@@H](Cl)C2. The van der Waals surface area contributed by atoms with E-state index < -0.39 is 343 Å². The average Bonchev–Trinajstić information content (AvgIpc) is 0.737. The lowest BCUT2D eigenvalue weighted by Gasteiger charge is -2.45. The normalized spacial score (nSPS) is 33.7. The third kappa shape index (κ3) is 19.8. The highest BCUT2D eigenvalue weighted by Gasteiger charge is 2.56. The van der Waals surface area contributed by atoms with Crippen LogP contribution in [0, 0.1) is 11.8 Å². The number of aliphatic hydroxyl groups is 12. The number of hydrogen-bond acceptors (Lipinski definition) is 34. The number of benzene rings is 3. The number of nitrogens with two attached hydrogens (primary N) is 1. The van der Waals surface area contributed by atoms with Crippen LogP contribution in [0.4, 0.5) is 0 Å². The quantitative estimate of drug-likeness (QED) is 0.0472. The molecule has 4 fully saturated rings. The van der Waals surface area contributed by atoms with Crippen LogP contribution in [0.5, 0.6) is 40.2 Å². The average molecular weight is 1890 g/mol. The Kier molecular flexibility index (Phi) is 29.0. The number of rotatable bonds is 17. The van der Waals surface area contributed by atoms with Crippen LogP contribution in [0.3, 0.4) is 0 Å². The van der Waals surface area contributed by atoms with Crippen molar-refractivity contribution in [3.8, 4) is 40.2 Å². The standard InChI is InChI=1S/C86H97Cl2N9O35/c1-30-47(105)25-42-58(73(30)130-84-72(115)71(114)68(111)55(29-101)129-84)41-23-38(11-8-35(41)26-98)86(3)85(123)96-65(79(119)95-62(42)81(121)122)74(131-82-63(90-31(2)102)69(112)66(109)53(27-99)127-82)34-10-14-49(44(88)19-34)126-52-22-37-21-51(75(52)132-83-64(70(113)67(110)54(28-100)128-83)92-56(106)5-4-6-57(107)108)125-48-13-7-32(15-43(48)87)16-45-76(116)93-60(78(118)94-61(37)80(120)97-86)36-17-39(103)24-40(18-36)124-50-20-33(9-12-46(50)104)59(89)77(117)91-45/h8-12,14-15,17-18,20-22,24,30,41,44-45,53-55,59-72,74,82-84,98-101,103-105,109-115H,4-7,13,16,19,23,26-29,89H2,1-3H3,(H,90,102)(H,91,117)(H,92,106)(H,93,116)(H,94,118)(H,95,119)(H,96,123)(H,97,120)(H,107,108)(H,121,122)/t30?,41?,44-,45+,53?,54?,55?,59+,60-,61+,62-,63?,64?,65-,66+,67+,68+,69?,70?,71?,72?,74+,82-,83-,84+,86+/m0/s1. The van der Waals surface area contributed by atoms with Crippen molar-refractivity contribution in [1.29, 1.82) is 0 Å². The van der Waals surface area contributed by atoms with Gasteiger partial charge < -0.3 is 173 Å². The molecule has 26 atom stereocenters. The zero-order valence-corrected chi connectivity index (χ0v) is 71.7. The minimum Gasteiger partial charge on any atom is -0.508 e. The van der Waals surface area contributed by atoms with Crippen LogP contribution in [-0.4, -0.2) is 294 Å². The van der Waals surface area contributed by atoms with Crippen molar-refractivity contribution >= 4 is 82.4 Å². The molecule has 4 aliphatic carbocycles. The van der Waals surface area contributed by atoms with E-state index in [1.54, 1.807) is 0 Å². The summed E-state index contributed by atoms with van der Waals surface area (Å²) < 4.78 is 58.0. The Morgan fingerprint density at radius 1 is 0.636 bits per heavy atom. The van der Waals surface area contributed by atoms with Gasteiger partial charge in [0.2, 0.25) is 59.7 Å². The third-order valence-corrected chi connectivity index (χ3v) is 25.2. The molecule has 710 valence electrons. The number of fused-ring (bicyclic) bond motifs is 14. The Bertz CT molecular complexity index is 5440. The van der Waals surface area contributed by atoms with Crippen LogP contribution in [0.15, 0.2) is 146 Å². The third-order valence-electron chi connectivity index (χ3n) is 24.5. The zero-order chi connectivity index (χ0) is 95.2. The summed E-state index contributed by atoms with van der Waals surface area (Å²) in [4.78, 5) is 151. The monoisotopic (exact) mass is 1890 g/mol. The smallest absolute Gasteiger partial charge is 0.331 e. The first kappa shape index (κ1) is 96.5. The molecule has 0 saturated carbocycles. The van der Waals surface area contributed by atoms with Gasteiger partial charge in [0.05, 0.1) is 42.8 Å². The number of carbonyl (C=O) groups excluding carboxylic acids is 8. The summed E-state index contributed by atoms with van der Waals surface area (Å²) in [5.41, 5.74) is 3.80. The Morgan fingerprint density at radius 3 is 1.92 bits per heavy atom. The second-order valence-electron chi connectivity index (χ2n) is 33.4. The first-order valence-electron chi connectivity index (χ1n) is 41.8. The molecule has 3 aromatic carbocycles. The van der Waals surface area contributed by atoms with Gasteiger partial charge in [0.1, 0.15) is 150 Å². The zero-order valence-electron chi connectivity index (χ0n) is 70.2. The van der Waals surface area contributed by atoms with E-state index in [2.05, 4.69) is 48.3 Å². The van der Waals surface area contributed by atoms with E-state index in [9.17, 15) is 106 Å². The number of hydrogen-bond donors (Lipinski definition) is 25. The van der Waals surface area contributed by atoms with Crippen LogP contribution >= 0.6 is 23.2 Å². The molecule has 9 aliphatic heterocycles. The number of alkyl halides is 1. The van der Waals surface area contributed by atoms with Gasteiger partial charge in [0.25, 0.3) is 5.91 Å². The van der Waals surface area contributed by atoms with E-state index >= 15 is 24.0 Å². The lowest BCUT2D eigenvalue weighted by atomic mass is 9.70. The fourth-order valence-electron chi connectivity index (χ4n) is 17.3. The van der Waals surface area contributed by atoms with Crippen molar-refractivity contribution in [2.75, 3.05) is 26.4 Å². The number of allylic oxidation sites excluding steroid dienone is 8. The second kappa shape index (κ2) is 39.7. The maximum atomic E-state index is 17.3. The maximum Gasteiger partial charge on any atom is 0.331 e. The van der Waals surface area contributed by atoms with Gasteiger partial charge in [-0.1, -0.05) is 47.2 Å². The number of phenols is 2. The van der Waals surface area contributed by atoms with E-state index in [1.807, 2.05) is 0 Å². The van der Waals surface area contributed by atoms with E-state index in [1.165, 1.54) is 43.4 Å². The van der Waals surface area contributed by atoms with Gasteiger partial charge >= 0.3 is 11.9 Å². The van der Waals surface area contributed by atoms with Crippen molar-refractivity contribution < 1.29 is 172 Å². The number of carboxylic acid groups (broad SMARTS) is 2. The first-order valence-corrected chi connectivity index (χ1v) is 42.6. The molecular weight excluding hydrogens is 1790 g/mol. The molecule has 3 aromatic rings. The predicted molar refractivity (Wildman–Crippen MR) is 446 cm³/mol. The molecule has 17 bridgehead atoms. The summed E-state index contributed by atoms with van der Waals surface area (Å²) in [7, 11) is 0. The number of nitrogens with one attached hydrogen (secondary N) is 8. The number of halogens is 2. The molecule has 26 N–H and O–H groups in total. The molecule has 11 unspecified atom stereocenters. The van der Waals surface area contributed by atoms with Crippen LogP contribution in [0.1, 0.15) is 107 Å². The number of amides is 8. The number of aliphatic hydroxyl groups excluding tert-OH is 12. The van der Waals surface area contributed by atoms with Crippen molar-refractivity contribution in [2.24, 2.45) is 17.6 Å². The minimum absolute atomic E-state index is 0.0280. The molecule has 0 aromatic heterocycles. The number of aromatic hydroxyl groups is 2. The number of phenolic OH excluding ortho intramolecular Hbond substituents is 2. The molecule has 0 radical (unpaired) electrons.